The Labute approximate surface area is 84.8 Å². The van der Waals surface area contributed by atoms with E-state index in [4.69, 9.17) is 0 Å². The van der Waals surface area contributed by atoms with Crippen LogP contribution in [0.3, 0.4) is 0 Å². The molecule has 1 aliphatic rings. The highest BCUT2D eigenvalue weighted by Crippen LogP contribution is 2.33. The molecular formula is C11H22Si2. The molecule has 0 aliphatic heterocycles. The Morgan fingerprint density at radius 1 is 0.923 bits per heavy atom. The van der Waals surface area contributed by atoms with Gasteiger partial charge in [-0.3, -0.25) is 0 Å². The Morgan fingerprint density at radius 3 is 1.77 bits per heavy atom. The van der Waals surface area contributed by atoms with Crippen molar-refractivity contribution in [3.63, 3.8) is 0 Å². The van der Waals surface area contributed by atoms with Crippen LogP contribution in [-0.2, 0) is 0 Å². The third-order valence-electron chi connectivity index (χ3n) is 2.64. The summed E-state index contributed by atoms with van der Waals surface area (Å²) >= 11 is 0. The molecular weight excluding hydrogens is 188 g/mol. The molecule has 0 spiro atoms. The van der Waals surface area contributed by atoms with Gasteiger partial charge in [0.25, 0.3) is 0 Å². The van der Waals surface area contributed by atoms with Crippen LogP contribution in [0, 0.1) is 0 Å². The highest BCUT2D eigenvalue weighted by atomic mass is 28.3. The van der Waals surface area contributed by atoms with E-state index in [-0.39, 0.29) is 0 Å². The Kier molecular flexibility index (Phi) is 2.74. The lowest BCUT2D eigenvalue weighted by Crippen LogP contribution is -2.31. The molecule has 1 rings (SSSR count). The summed E-state index contributed by atoms with van der Waals surface area (Å²) in [5.41, 5.74) is 0. The van der Waals surface area contributed by atoms with Gasteiger partial charge in [-0.25, -0.2) is 0 Å². The molecule has 0 aromatic rings. The summed E-state index contributed by atoms with van der Waals surface area (Å²) in [5.74, 6) is 0. The zero-order valence-corrected chi connectivity index (χ0v) is 11.9. The highest BCUT2D eigenvalue weighted by Gasteiger charge is 2.30. The van der Waals surface area contributed by atoms with E-state index in [1.807, 2.05) is 5.20 Å². The quantitative estimate of drug-likeness (QED) is 0.604. The molecule has 1 aliphatic carbocycles. The van der Waals surface area contributed by atoms with Crippen molar-refractivity contribution in [2.24, 2.45) is 0 Å². The smallest absolute Gasteiger partial charge is 0.0770 e. The minimum atomic E-state index is -1.07. The van der Waals surface area contributed by atoms with E-state index in [9.17, 15) is 0 Å². The van der Waals surface area contributed by atoms with Crippen molar-refractivity contribution in [2.75, 3.05) is 0 Å². The Balaban J connectivity index is 3.10. The van der Waals surface area contributed by atoms with Gasteiger partial charge < -0.3 is 0 Å². The third kappa shape index (κ3) is 2.44. The minimum Gasteiger partial charge on any atom is -0.0810 e. The van der Waals surface area contributed by atoms with Gasteiger partial charge in [0.15, 0.2) is 0 Å². The van der Waals surface area contributed by atoms with Crippen LogP contribution in [0.1, 0.15) is 6.42 Å². The largest absolute Gasteiger partial charge is 0.0810 e. The first-order valence-electron chi connectivity index (χ1n) is 5.13. The second-order valence-electron chi connectivity index (χ2n) is 6.00. The summed E-state index contributed by atoms with van der Waals surface area (Å²) in [5, 5.41) is 3.55. The molecule has 0 unspecified atom stereocenters. The predicted molar refractivity (Wildman–Crippen MR) is 67.5 cm³/mol. The molecule has 0 aromatic heterocycles. The summed E-state index contributed by atoms with van der Waals surface area (Å²) in [7, 11) is -2.11. The van der Waals surface area contributed by atoms with E-state index in [2.05, 4.69) is 51.4 Å². The SMILES string of the molecule is C[Si](C)(C)C1=C([Si](C)(C)C)CC=C1. The first-order chi connectivity index (χ1) is 5.73. The van der Waals surface area contributed by atoms with Crippen molar-refractivity contribution in [1.29, 1.82) is 0 Å². The second-order valence-corrected chi connectivity index (χ2v) is 16.1. The Bertz CT molecular complexity index is 259. The van der Waals surface area contributed by atoms with E-state index in [0.29, 0.717) is 0 Å². The molecule has 0 fully saturated rings. The fraction of sp³-hybridized carbons (Fsp3) is 0.636. The van der Waals surface area contributed by atoms with Gasteiger partial charge in [-0.1, -0.05) is 61.8 Å². The van der Waals surface area contributed by atoms with Crippen LogP contribution in [-0.4, -0.2) is 16.1 Å². The van der Waals surface area contributed by atoms with Crippen LogP contribution in [0.25, 0.3) is 0 Å². The fourth-order valence-electron chi connectivity index (χ4n) is 1.92. The number of allylic oxidation sites excluding steroid dienone is 4. The van der Waals surface area contributed by atoms with Crippen LogP contribution >= 0.6 is 0 Å². The predicted octanol–water partition coefficient (Wildman–Crippen LogP) is 4.00. The van der Waals surface area contributed by atoms with Gasteiger partial charge in [0, 0.05) is 0 Å². The fourth-order valence-corrected chi connectivity index (χ4v) is 7.41. The van der Waals surface area contributed by atoms with Crippen molar-refractivity contribution in [2.45, 2.75) is 45.7 Å². The summed E-state index contributed by atoms with van der Waals surface area (Å²) < 4.78 is 0. The average Bonchev–Trinajstić information content (AvgIpc) is 2.27. The topological polar surface area (TPSA) is 0 Å². The Hall–Kier alpha value is -0.0862. The maximum absolute atomic E-state index is 2.47. The molecule has 0 heterocycles. The molecule has 74 valence electrons. The molecule has 0 aromatic carbocycles. The third-order valence-corrected chi connectivity index (χ3v) is 7.26. The van der Waals surface area contributed by atoms with E-state index < -0.39 is 16.1 Å². The monoisotopic (exact) mass is 210 g/mol. The summed E-state index contributed by atoms with van der Waals surface area (Å²) in [6, 6.07) is 0. The summed E-state index contributed by atoms with van der Waals surface area (Å²) in [6.07, 6.45) is 6.01. The first-order valence-corrected chi connectivity index (χ1v) is 12.1. The van der Waals surface area contributed by atoms with Gasteiger partial charge in [-0.05, 0) is 6.42 Å². The lowest BCUT2D eigenvalue weighted by Gasteiger charge is -2.26. The van der Waals surface area contributed by atoms with Gasteiger partial charge in [-0.15, -0.1) is 0 Å². The molecule has 0 radical (unpaired) electrons. The molecule has 0 saturated carbocycles. The van der Waals surface area contributed by atoms with E-state index in [0.717, 1.165) is 0 Å². The van der Waals surface area contributed by atoms with Crippen molar-refractivity contribution in [1.82, 2.24) is 0 Å². The van der Waals surface area contributed by atoms with Crippen LogP contribution in [0.4, 0.5) is 0 Å². The summed E-state index contributed by atoms with van der Waals surface area (Å²) in [6.45, 7) is 14.8. The zero-order valence-electron chi connectivity index (χ0n) is 9.86. The highest BCUT2D eigenvalue weighted by molar-refractivity contribution is 6.89. The van der Waals surface area contributed by atoms with Crippen LogP contribution < -0.4 is 0 Å². The summed E-state index contributed by atoms with van der Waals surface area (Å²) in [4.78, 5) is 0. The molecule has 0 atom stereocenters. The van der Waals surface area contributed by atoms with Gasteiger partial charge in [-0.2, -0.15) is 0 Å². The maximum Gasteiger partial charge on any atom is 0.0770 e. The molecule has 13 heavy (non-hydrogen) atoms. The van der Waals surface area contributed by atoms with Crippen LogP contribution in [0.5, 0.6) is 0 Å². The van der Waals surface area contributed by atoms with Crippen molar-refractivity contribution >= 4 is 16.1 Å². The van der Waals surface area contributed by atoms with E-state index >= 15 is 0 Å². The molecule has 0 nitrogen and oxygen atoms in total. The molecule has 0 saturated heterocycles. The van der Waals surface area contributed by atoms with Gasteiger partial charge >= 0.3 is 0 Å². The number of rotatable bonds is 2. The van der Waals surface area contributed by atoms with Crippen LogP contribution in [0.15, 0.2) is 22.5 Å². The second kappa shape index (κ2) is 3.24. The van der Waals surface area contributed by atoms with E-state index in [1.54, 1.807) is 5.20 Å². The van der Waals surface area contributed by atoms with Crippen molar-refractivity contribution in [3.05, 3.63) is 22.5 Å². The van der Waals surface area contributed by atoms with Crippen molar-refractivity contribution < 1.29 is 0 Å². The zero-order chi connectivity index (χ0) is 10.3. The number of hydrogen-bond donors (Lipinski definition) is 0. The minimum absolute atomic E-state index is 1.05. The van der Waals surface area contributed by atoms with Crippen molar-refractivity contribution in [3.8, 4) is 0 Å². The molecule has 0 N–H and O–H groups in total. The average molecular weight is 210 g/mol. The number of hydrogen-bond acceptors (Lipinski definition) is 0. The van der Waals surface area contributed by atoms with Gasteiger partial charge in [0.1, 0.15) is 0 Å². The molecule has 0 amide bonds. The first kappa shape index (κ1) is 11.0. The standard InChI is InChI=1S/C11H22Si2/c1-12(2,3)10-8-7-9-11(10)13(4,5)6/h7-8H,9H2,1-6H3. The maximum atomic E-state index is 2.47. The molecule has 2 heteroatoms. The molecule has 0 bridgehead atoms. The Morgan fingerprint density at radius 2 is 1.46 bits per heavy atom. The van der Waals surface area contributed by atoms with E-state index in [1.165, 1.54) is 6.42 Å². The normalized spacial score (nSPS) is 18.6. The van der Waals surface area contributed by atoms with Gasteiger partial charge in [0.2, 0.25) is 0 Å². The van der Waals surface area contributed by atoms with Crippen LogP contribution in [0.2, 0.25) is 39.3 Å². The van der Waals surface area contributed by atoms with Gasteiger partial charge in [0.05, 0.1) is 16.1 Å². The lowest BCUT2D eigenvalue weighted by atomic mass is 10.5. The lowest BCUT2D eigenvalue weighted by molar-refractivity contribution is 1.34.